The molecule has 1 saturated heterocycles. The maximum absolute atomic E-state index is 8.25. The van der Waals surface area contributed by atoms with Crippen molar-refractivity contribution in [3.8, 4) is 12.1 Å². The highest BCUT2D eigenvalue weighted by Gasteiger charge is 2.31. The molecule has 2 aromatic heterocycles. The topological polar surface area (TPSA) is 127 Å². The largest absolute Gasteiger partial charge is 0.453 e. The summed E-state index contributed by atoms with van der Waals surface area (Å²) in [6.45, 7) is 7.45. The van der Waals surface area contributed by atoms with E-state index < -0.39 is 0 Å². The number of hydrogen-bond acceptors (Lipinski definition) is 9. The Labute approximate surface area is 167 Å². The predicted molar refractivity (Wildman–Crippen MR) is 104 cm³/mol. The van der Waals surface area contributed by atoms with E-state index in [9.17, 15) is 0 Å². The molecule has 1 aliphatic heterocycles. The van der Waals surface area contributed by atoms with Crippen LogP contribution in [0.25, 0.3) is 0 Å². The van der Waals surface area contributed by atoms with Gasteiger partial charge in [-0.3, -0.25) is 0 Å². The minimum Gasteiger partial charge on any atom is -0.453 e. The second-order valence-electron chi connectivity index (χ2n) is 5.14. The lowest BCUT2D eigenvalue weighted by atomic mass is 9.74. The third-order valence-electron chi connectivity index (χ3n) is 2.75. The summed E-state index contributed by atoms with van der Waals surface area (Å²) in [6.07, 6.45) is 6.30. The highest BCUT2D eigenvalue weighted by molar-refractivity contribution is 9.10. The van der Waals surface area contributed by atoms with Gasteiger partial charge in [0.2, 0.25) is 11.6 Å². The minimum absolute atomic E-state index is 0.135. The van der Waals surface area contributed by atoms with E-state index in [1.807, 2.05) is 39.5 Å². The minimum atomic E-state index is -0.135. The lowest BCUT2D eigenvalue weighted by Gasteiger charge is -2.25. The number of hydrogen-bond donors (Lipinski definition) is 0. The van der Waals surface area contributed by atoms with Crippen LogP contribution in [0.2, 0.25) is 20.5 Å². The van der Waals surface area contributed by atoms with Gasteiger partial charge in [0, 0.05) is 24.8 Å². The molecule has 0 aliphatic carbocycles. The fourth-order valence-electron chi connectivity index (χ4n) is 1.73. The maximum atomic E-state index is 8.25. The maximum Gasteiger partial charge on any atom is 0.426 e. The molecular formula is C14H16B3BrN6O3. The fourth-order valence-corrected chi connectivity index (χ4v) is 1.93. The van der Waals surface area contributed by atoms with Gasteiger partial charge in [0.15, 0.2) is 0 Å². The quantitative estimate of drug-likeness (QED) is 0.580. The van der Waals surface area contributed by atoms with Crippen molar-refractivity contribution in [3.63, 3.8) is 0 Å². The number of rotatable bonds is 0. The summed E-state index contributed by atoms with van der Waals surface area (Å²) in [5, 5.41) is 16.5. The Balaban J connectivity index is 0.000000202. The molecule has 9 nitrogen and oxygen atoms in total. The van der Waals surface area contributed by atoms with Crippen molar-refractivity contribution in [2.24, 2.45) is 0 Å². The second-order valence-corrected chi connectivity index (χ2v) is 6.06. The Morgan fingerprint density at radius 3 is 1.44 bits per heavy atom. The fraction of sp³-hybridized carbons (Fsp3) is 0.286. The molecule has 0 amide bonds. The van der Waals surface area contributed by atoms with Gasteiger partial charge in [-0.1, -0.05) is 0 Å². The van der Waals surface area contributed by atoms with E-state index in [1.54, 1.807) is 12.4 Å². The smallest absolute Gasteiger partial charge is 0.426 e. The van der Waals surface area contributed by atoms with Gasteiger partial charge in [0.25, 0.3) is 0 Å². The molecule has 0 atom stereocenters. The molecule has 13 heteroatoms. The van der Waals surface area contributed by atoms with Gasteiger partial charge < -0.3 is 13.7 Å². The third-order valence-corrected chi connectivity index (χ3v) is 3.16. The van der Waals surface area contributed by atoms with Gasteiger partial charge >= 0.3 is 21.4 Å². The molecule has 0 saturated carbocycles. The van der Waals surface area contributed by atoms with Crippen LogP contribution in [0.5, 0.6) is 0 Å². The summed E-state index contributed by atoms with van der Waals surface area (Å²) < 4.78 is 16.1. The van der Waals surface area contributed by atoms with Gasteiger partial charge in [-0.15, -0.1) is 0 Å². The van der Waals surface area contributed by atoms with Crippen LogP contribution in [0.15, 0.2) is 29.3 Å². The van der Waals surface area contributed by atoms with Gasteiger partial charge in [-0.05, 0) is 48.9 Å². The van der Waals surface area contributed by atoms with Gasteiger partial charge in [0.1, 0.15) is 12.1 Å². The molecule has 136 valence electrons. The van der Waals surface area contributed by atoms with Crippen molar-refractivity contribution in [3.05, 3.63) is 46.5 Å². The van der Waals surface area contributed by atoms with Crippen molar-refractivity contribution in [1.29, 1.82) is 10.5 Å². The second kappa shape index (κ2) is 12.1. The average Bonchev–Trinajstić information content (AvgIpc) is 2.63. The molecule has 3 heterocycles. The first-order chi connectivity index (χ1) is 12.8. The van der Waals surface area contributed by atoms with E-state index in [2.05, 4.69) is 35.9 Å². The predicted octanol–water partition coefficient (Wildman–Crippen LogP) is 2.17. The first kappa shape index (κ1) is 22.7. The summed E-state index contributed by atoms with van der Waals surface area (Å²) >= 11 is 3.14. The summed E-state index contributed by atoms with van der Waals surface area (Å²) in [7, 11) is -0.406. The molecule has 3 rings (SSSR count). The van der Waals surface area contributed by atoms with Crippen LogP contribution in [-0.2, 0) is 13.7 Å². The molecule has 1 aliphatic rings. The van der Waals surface area contributed by atoms with Gasteiger partial charge in [-0.2, -0.15) is 10.5 Å². The number of aromatic nitrogens is 4. The van der Waals surface area contributed by atoms with Crippen LogP contribution in [-0.4, -0.2) is 41.3 Å². The standard InChI is InChI=1S/C6H5N3.C5H2BrN3.C3H9B3O3/c1-5-3-8-6(2-7)9-4-5;6-4-2-8-5(1-7)9-3-4;1-4-7-5(2)9-6(3)8-4/h3-4H,1H3;2-3H;1-3H3. The first-order valence-electron chi connectivity index (χ1n) is 7.86. The molecule has 0 unspecified atom stereocenters. The van der Waals surface area contributed by atoms with Crippen molar-refractivity contribution in [1.82, 2.24) is 19.9 Å². The molecule has 0 spiro atoms. The number of nitriles is 2. The van der Waals surface area contributed by atoms with E-state index in [1.165, 1.54) is 12.4 Å². The Hall–Kier alpha value is -2.31. The summed E-state index contributed by atoms with van der Waals surface area (Å²) in [4.78, 5) is 14.8. The average molecular weight is 429 g/mol. The van der Waals surface area contributed by atoms with E-state index in [0.717, 1.165) is 10.0 Å². The number of nitrogens with zero attached hydrogens (tertiary/aromatic N) is 6. The molecule has 0 aromatic carbocycles. The van der Waals surface area contributed by atoms with Crippen LogP contribution < -0.4 is 0 Å². The number of halogens is 1. The Kier molecular flexibility index (Phi) is 10.2. The third kappa shape index (κ3) is 9.82. The van der Waals surface area contributed by atoms with Crippen molar-refractivity contribution in [2.45, 2.75) is 27.4 Å². The molecule has 0 bridgehead atoms. The van der Waals surface area contributed by atoms with Crippen molar-refractivity contribution in [2.75, 3.05) is 0 Å². The monoisotopic (exact) mass is 428 g/mol. The molecule has 0 N–H and O–H groups in total. The highest BCUT2D eigenvalue weighted by Crippen LogP contribution is 2.06. The zero-order valence-corrected chi connectivity index (χ0v) is 16.9. The van der Waals surface area contributed by atoms with Gasteiger partial charge in [0.05, 0.1) is 4.47 Å². The summed E-state index contributed by atoms with van der Waals surface area (Å²) in [5.41, 5.74) is 0.967. The van der Waals surface area contributed by atoms with Crippen LogP contribution in [0.3, 0.4) is 0 Å². The first-order valence-corrected chi connectivity index (χ1v) is 8.66. The summed E-state index contributed by atoms with van der Waals surface area (Å²) in [5.74, 6) is 0.416. The van der Waals surface area contributed by atoms with Gasteiger partial charge in [-0.25, -0.2) is 19.9 Å². The normalized spacial score (nSPS) is 12.6. The van der Waals surface area contributed by atoms with Crippen LogP contribution in [0, 0.1) is 29.6 Å². The van der Waals surface area contributed by atoms with Crippen LogP contribution >= 0.6 is 15.9 Å². The van der Waals surface area contributed by atoms with E-state index in [-0.39, 0.29) is 33.0 Å². The van der Waals surface area contributed by atoms with E-state index in [4.69, 9.17) is 24.2 Å². The SMILES string of the molecule is CB1OB(C)OB(C)O1.Cc1cnc(C#N)nc1.N#Cc1ncc(Br)cn1. The highest BCUT2D eigenvalue weighted by atomic mass is 79.9. The zero-order chi connectivity index (χ0) is 20.2. The zero-order valence-electron chi connectivity index (χ0n) is 15.3. The van der Waals surface area contributed by atoms with E-state index >= 15 is 0 Å². The van der Waals surface area contributed by atoms with Crippen molar-refractivity contribution >= 4 is 37.3 Å². The Bertz CT molecular complexity index is 704. The Morgan fingerprint density at radius 1 is 0.778 bits per heavy atom. The van der Waals surface area contributed by atoms with Crippen LogP contribution in [0.4, 0.5) is 0 Å². The molecule has 0 radical (unpaired) electrons. The van der Waals surface area contributed by atoms with E-state index in [0.29, 0.717) is 0 Å². The lowest BCUT2D eigenvalue weighted by Crippen LogP contribution is -2.44. The molecular weight excluding hydrogens is 413 g/mol. The van der Waals surface area contributed by atoms with Crippen LogP contribution in [0.1, 0.15) is 17.2 Å². The molecule has 27 heavy (non-hydrogen) atoms. The van der Waals surface area contributed by atoms with Crippen molar-refractivity contribution < 1.29 is 13.7 Å². The Morgan fingerprint density at radius 2 is 1.11 bits per heavy atom. The number of aryl methyl sites for hydroxylation is 1. The molecule has 1 fully saturated rings. The molecule has 2 aromatic rings. The lowest BCUT2D eigenvalue weighted by molar-refractivity contribution is 0.294. The summed E-state index contributed by atoms with van der Waals surface area (Å²) in [6, 6.07) is 3.64.